The van der Waals surface area contributed by atoms with Crippen molar-refractivity contribution in [3.05, 3.63) is 23.5 Å². The van der Waals surface area contributed by atoms with E-state index >= 15 is 0 Å². The van der Waals surface area contributed by atoms with Crippen molar-refractivity contribution >= 4 is 23.4 Å². The van der Waals surface area contributed by atoms with E-state index in [1.165, 1.54) is 6.20 Å². The molecule has 1 rings (SSSR count). The van der Waals surface area contributed by atoms with Gasteiger partial charge in [0.25, 0.3) is 0 Å². The van der Waals surface area contributed by atoms with Crippen molar-refractivity contribution < 1.29 is 38.0 Å². The second-order valence-electron chi connectivity index (χ2n) is 4.64. The number of nitrogens with one attached hydrogen (secondary N) is 1. The van der Waals surface area contributed by atoms with Crippen molar-refractivity contribution in [1.82, 2.24) is 4.98 Å². The Morgan fingerprint density at radius 2 is 2.17 bits per heavy atom. The minimum absolute atomic E-state index is 0. The van der Waals surface area contributed by atoms with Gasteiger partial charge in [0.2, 0.25) is 0 Å². The van der Waals surface area contributed by atoms with Gasteiger partial charge in [-0.05, 0) is 12.1 Å². The van der Waals surface area contributed by atoms with E-state index in [1.807, 2.05) is 21.1 Å². The van der Waals surface area contributed by atoms with Crippen LogP contribution in [0.4, 0.5) is 10.5 Å². The lowest BCUT2D eigenvalue weighted by Crippen LogP contribution is -3.00. The molecule has 0 aliphatic carbocycles. The standard InChI is InChI=1S/C11H16ClN3O2.HI/c1-15(2,3)6-7-17-11(16)14-9-4-5-13-10(12)8-9;/h4-5,8H,6-7H2,1-3H3;1H. The summed E-state index contributed by atoms with van der Waals surface area (Å²) < 4.78 is 5.78. The van der Waals surface area contributed by atoms with Crippen LogP contribution in [0.2, 0.25) is 5.15 Å². The second kappa shape index (κ2) is 7.75. The maximum absolute atomic E-state index is 11.4. The highest BCUT2D eigenvalue weighted by Crippen LogP contribution is 2.11. The molecule has 5 nitrogen and oxygen atoms in total. The Hall–Kier alpha value is -0.600. The van der Waals surface area contributed by atoms with Gasteiger partial charge in [0.15, 0.2) is 0 Å². The van der Waals surface area contributed by atoms with Gasteiger partial charge in [-0.25, -0.2) is 9.78 Å². The fourth-order valence-electron chi connectivity index (χ4n) is 1.05. The highest BCUT2D eigenvalue weighted by atomic mass is 127. The third-order valence-electron chi connectivity index (χ3n) is 1.97. The quantitative estimate of drug-likeness (QED) is 0.411. The van der Waals surface area contributed by atoms with Gasteiger partial charge in [0, 0.05) is 11.9 Å². The average Bonchev–Trinajstić information content (AvgIpc) is 2.15. The van der Waals surface area contributed by atoms with Crippen LogP contribution < -0.4 is 29.3 Å². The molecule has 0 radical (unpaired) electrons. The number of quaternary nitrogens is 1. The Balaban J connectivity index is 0.00000289. The number of carbonyl (C=O) groups is 1. The van der Waals surface area contributed by atoms with Gasteiger partial charge in [-0.15, -0.1) is 0 Å². The molecule has 0 unspecified atom stereocenters. The third-order valence-corrected chi connectivity index (χ3v) is 2.17. The van der Waals surface area contributed by atoms with Crippen molar-refractivity contribution in [2.45, 2.75) is 0 Å². The molecule has 1 heterocycles. The summed E-state index contributed by atoms with van der Waals surface area (Å²) in [5.41, 5.74) is 0.570. The van der Waals surface area contributed by atoms with Crippen molar-refractivity contribution in [1.29, 1.82) is 0 Å². The maximum Gasteiger partial charge on any atom is 0.411 e. The molecule has 0 atom stereocenters. The molecular weight excluding hydrogens is 368 g/mol. The van der Waals surface area contributed by atoms with Gasteiger partial charge in [-0.2, -0.15) is 0 Å². The SMILES string of the molecule is C[N+](C)(C)CCOC(=O)Nc1ccnc(Cl)c1.[I-]. The fraction of sp³-hybridized carbons (Fsp3) is 0.455. The van der Waals surface area contributed by atoms with Crippen molar-refractivity contribution in [2.24, 2.45) is 0 Å². The van der Waals surface area contributed by atoms with Gasteiger partial charge in [-0.1, -0.05) is 11.6 Å². The summed E-state index contributed by atoms with van der Waals surface area (Å²) in [6.07, 6.45) is 1.03. The molecule has 0 spiro atoms. The van der Waals surface area contributed by atoms with E-state index in [0.717, 1.165) is 11.0 Å². The third kappa shape index (κ3) is 7.67. The minimum atomic E-state index is -0.485. The average molecular weight is 386 g/mol. The van der Waals surface area contributed by atoms with E-state index in [0.29, 0.717) is 17.4 Å². The second-order valence-corrected chi connectivity index (χ2v) is 5.03. The molecule has 0 saturated carbocycles. The number of hydrogen-bond acceptors (Lipinski definition) is 3. The zero-order chi connectivity index (χ0) is 12.9. The lowest BCUT2D eigenvalue weighted by Gasteiger charge is -2.23. The minimum Gasteiger partial charge on any atom is -1.00 e. The summed E-state index contributed by atoms with van der Waals surface area (Å²) in [6.45, 7) is 1.12. The van der Waals surface area contributed by atoms with E-state index in [9.17, 15) is 4.79 Å². The molecule has 102 valence electrons. The van der Waals surface area contributed by atoms with Crippen LogP contribution >= 0.6 is 11.6 Å². The summed E-state index contributed by atoms with van der Waals surface area (Å²) in [4.78, 5) is 15.2. The van der Waals surface area contributed by atoms with Crippen molar-refractivity contribution in [3.63, 3.8) is 0 Å². The molecule has 0 bridgehead atoms. The van der Waals surface area contributed by atoms with E-state index < -0.39 is 6.09 Å². The van der Waals surface area contributed by atoms with Gasteiger partial charge in [0.05, 0.1) is 21.1 Å². The smallest absolute Gasteiger partial charge is 0.411 e. The summed E-state index contributed by atoms with van der Waals surface area (Å²) in [6, 6.07) is 3.20. The lowest BCUT2D eigenvalue weighted by molar-refractivity contribution is -0.870. The van der Waals surface area contributed by atoms with E-state index in [2.05, 4.69) is 10.3 Å². The van der Waals surface area contributed by atoms with Crippen molar-refractivity contribution in [3.8, 4) is 0 Å². The van der Waals surface area contributed by atoms with E-state index in [1.54, 1.807) is 12.1 Å². The Kier molecular flexibility index (Phi) is 7.49. The molecule has 0 aliphatic heterocycles. The van der Waals surface area contributed by atoms with Crippen LogP contribution in [0.25, 0.3) is 0 Å². The molecule has 0 aromatic carbocycles. The monoisotopic (exact) mass is 385 g/mol. The van der Waals surface area contributed by atoms with Gasteiger partial charge < -0.3 is 33.2 Å². The first-order valence-corrected chi connectivity index (χ1v) is 5.60. The Morgan fingerprint density at radius 1 is 1.50 bits per heavy atom. The first kappa shape index (κ1) is 17.4. The number of likely N-dealkylation sites (N-methyl/N-ethyl adjacent to an activating group) is 1. The number of amides is 1. The fourth-order valence-corrected chi connectivity index (χ4v) is 1.22. The van der Waals surface area contributed by atoms with Gasteiger partial charge in [0.1, 0.15) is 18.3 Å². The van der Waals surface area contributed by atoms with Crippen LogP contribution in [-0.4, -0.2) is 49.9 Å². The molecule has 0 saturated heterocycles. The molecule has 0 aliphatic rings. The van der Waals surface area contributed by atoms with Crippen LogP contribution in [0.5, 0.6) is 0 Å². The number of pyridine rings is 1. The highest BCUT2D eigenvalue weighted by molar-refractivity contribution is 6.29. The first-order valence-electron chi connectivity index (χ1n) is 5.22. The van der Waals surface area contributed by atoms with Crippen LogP contribution in [0.1, 0.15) is 0 Å². The maximum atomic E-state index is 11.4. The predicted molar refractivity (Wildman–Crippen MR) is 67.1 cm³/mol. The number of hydrogen-bond donors (Lipinski definition) is 1. The largest absolute Gasteiger partial charge is 1.00 e. The zero-order valence-electron chi connectivity index (χ0n) is 10.6. The molecule has 1 aromatic heterocycles. The normalized spacial score (nSPS) is 10.4. The van der Waals surface area contributed by atoms with E-state index in [-0.39, 0.29) is 24.0 Å². The lowest BCUT2D eigenvalue weighted by atomic mass is 10.4. The summed E-state index contributed by atoms with van der Waals surface area (Å²) in [5, 5.41) is 2.90. The molecule has 1 amide bonds. The predicted octanol–water partition coefficient (Wildman–Crippen LogP) is -1.01. The number of halogens is 2. The molecular formula is C11H17ClIN3O2. The topological polar surface area (TPSA) is 51.2 Å². The Morgan fingerprint density at radius 3 is 2.72 bits per heavy atom. The molecule has 18 heavy (non-hydrogen) atoms. The molecule has 1 N–H and O–H groups in total. The number of aromatic nitrogens is 1. The first-order chi connectivity index (χ1) is 7.87. The van der Waals surface area contributed by atoms with Crippen LogP contribution in [0.15, 0.2) is 18.3 Å². The number of carbonyl (C=O) groups excluding carboxylic acids is 1. The summed E-state index contributed by atoms with van der Waals surface area (Å²) in [7, 11) is 6.09. The van der Waals surface area contributed by atoms with Crippen LogP contribution in [0, 0.1) is 0 Å². The number of ether oxygens (including phenoxy) is 1. The van der Waals surface area contributed by atoms with Gasteiger partial charge in [-0.3, -0.25) is 5.32 Å². The number of nitrogens with zero attached hydrogens (tertiary/aromatic N) is 2. The van der Waals surface area contributed by atoms with E-state index in [4.69, 9.17) is 16.3 Å². The van der Waals surface area contributed by atoms with Gasteiger partial charge >= 0.3 is 6.09 Å². The number of rotatable bonds is 4. The zero-order valence-corrected chi connectivity index (χ0v) is 13.5. The summed E-state index contributed by atoms with van der Waals surface area (Å²) in [5.74, 6) is 0. The summed E-state index contributed by atoms with van der Waals surface area (Å²) >= 11 is 5.69. The van der Waals surface area contributed by atoms with Crippen molar-refractivity contribution in [2.75, 3.05) is 39.6 Å². The number of anilines is 1. The molecule has 1 aromatic rings. The molecule has 0 fully saturated rings. The Labute approximate surface area is 129 Å². The highest BCUT2D eigenvalue weighted by Gasteiger charge is 2.09. The Bertz CT molecular complexity index is 396. The van der Waals surface area contributed by atoms with Crippen LogP contribution in [0.3, 0.4) is 0 Å². The van der Waals surface area contributed by atoms with Crippen LogP contribution in [-0.2, 0) is 4.74 Å². The molecule has 7 heteroatoms.